The highest BCUT2D eigenvalue weighted by Crippen LogP contribution is 2.28. The van der Waals surface area contributed by atoms with Gasteiger partial charge >= 0.3 is 0 Å². The molecule has 0 fully saturated rings. The lowest BCUT2D eigenvalue weighted by atomic mass is 10.4. The predicted molar refractivity (Wildman–Crippen MR) is 75.6 cm³/mol. The maximum Gasteiger partial charge on any atom is 0.208 e. The Balaban J connectivity index is 2.02. The van der Waals surface area contributed by atoms with Gasteiger partial charge in [0.05, 0.1) is 5.75 Å². The van der Waals surface area contributed by atoms with Crippen molar-refractivity contribution in [3.05, 3.63) is 22.7 Å². The lowest BCUT2D eigenvalue weighted by Crippen LogP contribution is -2.07. The van der Waals surface area contributed by atoms with Crippen LogP contribution in [-0.2, 0) is 5.75 Å². The summed E-state index contributed by atoms with van der Waals surface area (Å²) in [6, 6.07) is 1.74. The number of hydrogen-bond donors (Lipinski definition) is 0. The van der Waals surface area contributed by atoms with E-state index in [0.717, 1.165) is 15.2 Å². The minimum absolute atomic E-state index is 0.476. The first-order valence-electron chi connectivity index (χ1n) is 5.18. The number of anilines is 1. The molecule has 0 saturated heterocycles. The van der Waals surface area contributed by atoms with Crippen LogP contribution >= 0.6 is 34.7 Å². The Bertz CT molecular complexity index is 523. The van der Waals surface area contributed by atoms with Crippen LogP contribution < -0.4 is 4.90 Å². The second kappa shape index (κ2) is 5.81. The van der Waals surface area contributed by atoms with Crippen LogP contribution in [0.1, 0.15) is 11.5 Å². The topological polar surface area (TPSA) is 54.8 Å². The molecule has 96 valence electrons. The molecule has 0 aliphatic carbocycles. The first-order valence-corrected chi connectivity index (χ1v) is 7.36. The van der Waals surface area contributed by atoms with E-state index in [2.05, 4.69) is 20.2 Å². The Morgan fingerprint density at radius 3 is 2.72 bits per heavy atom. The van der Waals surface area contributed by atoms with E-state index in [-0.39, 0.29) is 0 Å². The summed E-state index contributed by atoms with van der Waals surface area (Å²) in [7, 11) is 3.89. The quantitative estimate of drug-likeness (QED) is 0.639. The van der Waals surface area contributed by atoms with Crippen molar-refractivity contribution >= 4 is 39.8 Å². The summed E-state index contributed by atoms with van der Waals surface area (Å²) in [6.45, 7) is 1.90. The fourth-order valence-electron chi connectivity index (χ4n) is 1.22. The van der Waals surface area contributed by atoms with Gasteiger partial charge in [-0.2, -0.15) is 0 Å². The van der Waals surface area contributed by atoms with Crippen LogP contribution in [0.15, 0.2) is 10.4 Å². The van der Waals surface area contributed by atoms with Gasteiger partial charge in [-0.05, 0) is 13.0 Å². The molecule has 5 nitrogen and oxygen atoms in total. The molecule has 2 aromatic heterocycles. The van der Waals surface area contributed by atoms with Gasteiger partial charge < -0.3 is 4.90 Å². The Hall–Kier alpha value is -0.920. The molecule has 2 heterocycles. The SMILES string of the molecule is Cc1cc(Cl)nc(CSc2nnc(N(C)C)s2)n1. The van der Waals surface area contributed by atoms with E-state index in [9.17, 15) is 0 Å². The molecule has 0 aliphatic heterocycles. The maximum atomic E-state index is 5.89. The molecule has 0 spiro atoms. The van der Waals surface area contributed by atoms with Gasteiger partial charge in [0.1, 0.15) is 11.0 Å². The third kappa shape index (κ3) is 3.54. The molecule has 0 saturated carbocycles. The second-order valence-corrected chi connectivity index (χ2v) is 6.35. The molecule has 0 bridgehead atoms. The number of nitrogens with zero attached hydrogens (tertiary/aromatic N) is 5. The summed E-state index contributed by atoms with van der Waals surface area (Å²) in [6.07, 6.45) is 0. The van der Waals surface area contributed by atoms with Crippen LogP contribution in [-0.4, -0.2) is 34.3 Å². The number of hydrogen-bond acceptors (Lipinski definition) is 7. The smallest absolute Gasteiger partial charge is 0.208 e. The Kier molecular flexibility index (Phi) is 4.36. The third-order valence-corrected chi connectivity index (χ3v) is 4.39. The van der Waals surface area contributed by atoms with Crippen LogP contribution in [0.2, 0.25) is 5.15 Å². The number of rotatable bonds is 4. The van der Waals surface area contributed by atoms with E-state index >= 15 is 0 Å². The average Bonchev–Trinajstić information content (AvgIpc) is 2.73. The summed E-state index contributed by atoms with van der Waals surface area (Å²) in [4.78, 5) is 10.4. The molecule has 0 unspecified atom stereocenters. The van der Waals surface area contributed by atoms with Gasteiger partial charge in [0.15, 0.2) is 4.34 Å². The van der Waals surface area contributed by atoms with E-state index in [4.69, 9.17) is 11.6 Å². The van der Waals surface area contributed by atoms with Gasteiger partial charge in [-0.3, -0.25) is 0 Å². The fourth-order valence-corrected chi connectivity index (χ4v) is 3.10. The van der Waals surface area contributed by atoms with Gasteiger partial charge in [-0.25, -0.2) is 9.97 Å². The van der Waals surface area contributed by atoms with Crippen LogP contribution in [0.5, 0.6) is 0 Å². The van der Waals surface area contributed by atoms with Gasteiger partial charge in [-0.15, -0.1) is 10.2 Å². The highest BCUT2D eigenvalue weighted by atomic mass is 35.5. The number of halogens is 1. The second-order valence-electron chi connectivity index (χ2n) is 3.78. The largest absolute Gasteiger partial charge is 0.353 e. The van der Waals surface area contributed by atoms with Crippen molar-refractivity contribution in [3.63, 3.8) is 0 Å². The summed E-state index contributed by atoms with van der Waals surface area (Å²) < 4.78 is 0.903. The number of aryl methyl sites for hydroxylation is 1. The van der Waals surface area contributed by atoms with Crippen molar-refractivity contribution in [2.24, 2.45) is 0 Å². The van der Waals surface area contributed by atoms with E-state index in [0.29, 0.717) is 16.7 Å². The van der Waals surface area contributed by atoms with Gasteiger partial charge in [0.25, 0.3) is 0 Å². The molecular formula is C10H12ClN5S2. The van der Waals surface area contributed by atoms with Gasteiger partial charge in [0.2, 0.25) is 5.13 Å². The van der Waals surface area contributed by atoms with Crippen molar-refractivity contribution in [1.29, 1.82) is 0 Å². The molecule has 0 aliphatic rings. The summed E-state index contributed by atoms with van der Waals surface area (Å²) in [5, 5.41) is 9.53. The van der Waals surface area contributed by atoms with Crippen molar-refractivity contribution in [1.82, 2.24) is 20.2 Å². The average molecular weight is 302 g/mol. The van der Waals surface area contributed by atoms with Gasteiger partial charge in [0, 0.05) is 19.8 Å². The Morgan fingerprint density at radius 1 is 1.33 bits per heavy atom. The van der Waals surface area contributed by atoms with Gasteiger partial charge in [-0.1, -0.05) is 34.7 Å². The van der Waals surface area contributed by atoms with Crippen LogP contribution in [0, 0.1) is 6.92 Å². The zero-order valence-electron chi connectivity index (χ0n) is 10.2. The maximum absolute atomic E-state index is 5.89. The molecule has 8 heteroatoms. The fraction of sp³-hybridized carbons (Fsp3) is 0.400. The highest BCUT2D eigenvalue weighted by Gasteiger charge is 2.08. The molecule has 2 aromatic rings. The van der Waals surface area contributed by atoms with Crippen molar-refractivity contribution < 1.29 is 0 Å². The van der Waals surface area contributed by atoms with Crippen LogP contribution in [0.3, 0.4) is 0 Å². The monoisotopic (exact) mass is 301 g/mol. The van der Waals surface area contributed by atoms with E-state index in [1.165, 1.54) is 0 Å². The van der Waals surface area contributed by atoms with Crippen LogP contribution in [0.25, 0.3) is 0 Å². The summed E-state index contributed by atoms with van der Waals surface area (Å²) in [5.74, 6) is 1.36. The number of thioether (sulfide) groups is 1. The molecule has 0 amide bonds. The third-order valence-electron chi connectivity index (χ3n) is 1.97. The molecule has 0 aromatic carbocycles. The van der Waals surface area contributed by atoms with Crippen molar-refractivity contribution in [2.45, 2.75) is 17.0 Å². The lowest BCUT2D eigenvalue weighted by molar-refractivity contribution is 0.966. The predicted octanol–water partition coefficient (Wildman–Crippen LogP) is 2.65. The zero-order chi connectivity index (χ0) is 13.1. The normalized spacial score (nSPS) is 10.7. The van der Waals surface area contributed by atoms with Crippen LogP contribution in [0.4, 0.5) is 5.13 Å². The van der Waals surface area contributed by atoms with Crippen molar-refractivity contribution in [3.8, 4) is 0 Å². The standard InChI is InChI=1S/C10H12ClN5S2/c1-6-4-7(11)13-8(12-6)5-17-10-15-14-9(18-10)16(2)3/h4H,5H2,1-3H3. The molecule has 18 heavy (non-hydrogen) atoms. The summed E-state index contributed by atoms with van der Waals surface area (Å²) in [5.41, 5.74) is 0.872. The first kappa shape index (κ1) is 13.5. The molecule has 0 N–H and O–H groups in total. The summed E-state index contributed by atoms with van der Waals surface area (Å²) >= 11 is 9.00. The Labute approximate surface area is 119 Å². The zero-order valence-corrected chi connectivity index (χ0v) is 12.6. The van der Waals surface area contributed by atoms with E-state index in [1.54, 1.807) is 29.2 Å². The van der Waals surface area contributed by atoms with Crippen molar-refractivity contribution in [2.75, 3.05) is 19.0 Å². The van der Waals surface area contributed by atoms with E-state index in [1.807, 2.05) is 25.9 Å². The Morgan fingerprint density at radius 2 is 2.11 bits per heavy atom. The highest BCUT2D eigenvalue weighted by molar-refractivity contribution is 8.00. The molecule has 2 rings (SSSR count). The number of aromatic nitrogens is 4. The first-order chi connectivity index (χ1) is 8.54. The van der Waals surface area contributed by atoms with E-state index < -0.39 is 0 Å². The molecule has 0 atom stereocenters. The lowest BCUT2D eigenvalue weighted by Gasteiger charge is -2.03. The molecular weight excluding hydrogens is 290 g/mol. The minimum Gasteiger partial charge on any atom is -0.353 e. The minimum atomic E-state index is 0.476. The molecule has 0 radical (unpaired) electrons.